The van der Waals surface area contributed by atoms with Gasteiger partial charge in [-0.1, -0.05) is 18.5 Å². The zero-order chi connectivity index (χ0) is 16.7. The topological polar surface area (TPSA) is 105 Å². The minimum absolute atomic E-state index is 0.0840. The lowest BCUT2D eigenvalue weighted by Crippen LogP contribution is -2.33. The number of fused-ring (bicyclic) bond motifs is 1. The number of aromatic nitrogens is 3. The molecular formula is C12H15ClN4O4S. The minimum atomic E-state index is -3.86. The van der Waals surface area contributed by atoms with Crippen molar-refractivity contribution in [1.29, 1.82) is 0 Å². The number of aliphatic carboxylic acids is 1. The van der Waals surface area contributed by atoms with E-state index in [0.29, 0.717) is 16.4 Å². The third kappa shape index (κ3) is 2.92. The predicted molar refractivity (Wildman–Crippen MR) is 79.3 cm³/mol. The second kappa shape index (κ2) is 5.82. The molecule has 0 aliphatic heterocycles. The number of rotatable bonds is 5. The van der Waals surface area contributed by atoms with Crippen LogP contribution in [-0.4, -0.2) is 52.0 Å². The van der Waals surface area contributed by atoms with Gasteiger partial charge in [-0.2, -0.15) is 9.40 Å². The number of sulfonamides is 1. The average molecular weight is 347 g/mol. The van der Waals surface area contributed by atoms with Gasteiger partial charge in [0.05, 0.1) is 24.0 Å². The van der Waals surface area contributed by atoms with E-state index in [1.54, 1.807) is 6.92 Å². The Morgan fingerprint density at radius 2 is 2.18 bits per heavy atom. The van der Waals surface area contributed by atoms with E-state index in [2.05, 4.69) is 10.1 Å². The quantitative estimate of drug-likeness (QED) is 0.867. The molecule has 2 heterocycles. The molecule has 22 heavy (non-hydrogen) atoms. The van der Waals surface area contributed by atoms with E-state index in [9.17, 15) is 13.2 Å². The highest BCUT2D eigenvalue weighted by atomic mass is 35.5. The van der Waals surface area contributed by atoms with Gasteiger partial charge in [-0.3, -0.25) is 4.79 Å². The first kappa shape index (κ1) is 16.7. The van der Waals surface area contributed by atoms with Crippen LogP contribution in [0.15, 0.2) is 17.3 Å². The molecule has 120 valence electrons. The number of carbonyl (C=O) groups is 1. The normalized spacial score (nSPS) is 13.7. The smallest absolute Gasteiger partial charge is 0.307 e. The summed E-state index contributed by atoms with van der Waals surface area (Å²) in [5.41, 5.74) is 0.899. The SMILES string of the molecule is Cc1nn2cc(S(=O)(=O)N(C)CC(C)C(=O)O)cnc2c1Cl. The molecule has 0 spiro atoms. The standard InChI is InChI=1S/C12H15ClN4O4S/c1-7(12(18)19)5-16(3)22(20,21)9-4-14-11-10(13)8(2)15-17(11)6-9/h4,6-7H,5H2,1-3H3,(H,18,19). The molecule has 0 bridgehead atoms. The van der Waals surface area contributed by atoms with E-state index in [0.717, 1.165) is 4.31 Å². The molecule has 0 aliphatic carbocycles. The van der Waals surface area contributed by atoms with Crippen LogP contribution in [-0.2, 0) is 14.8 Å². The molecule has 0 aromatic carbocycles. The van der Waals surface area contributed by atoms with Gasteiger partial charge in [0.1, 0.15) is 9.92 Å². The van der Waals surface area contributed by atoms with Crippen LogP contribution in [0.25, 0.3) is 5.65 Å². The lowest BCUT2D eigenvalue weighted by Gasteiger charge is -2.18. The van der Waals surface area contributed by atoms with Crippen molar-refractivity contribution in [2.24, 2.45) is 5.92 Å². The van der Waals surface area contributed by atoms with Crippen molar-refractivity contribution in [3.8, 4) is 0 Å². The van der Waals surface area contributed by atoms with E-state index in [1.807, 2.05) is 0 Å². The fourth-order valence-corrected chi connectivity index (χ4v) is 3.25. The number of carboxylic acids is 1. The second-order valence-electron chi connectivity index (χ2n) is 4.98. The van der Waals surface area contributed by atoms with E-state index in [4.69, 9.17) is 16.7 Å². The molecule has 0 saturated carbocycles. The van der Waals surface area contributed by atoms with E-state index >= 15 is 0 Å². The largest absolute Gasteiger partial charge is 0.481 e. The molecule has 2 aromatic rings. The fourth-order valence-electron chi connectivity index (χ4n) is 1.87. The first-order valence-corrected chi connectivity index (χ1v) is 8.16. The highest BCUT2D eigenvalue weighted by Gasteiger charge is 2.26. The van der Waals surface area contributed by atoms with Crippen LogP contribution in [0.5, 0.6) is 0 Å². The molecule has 2 rings (SSSR count). The van der Waals surface area contributed by atoms with Crippen molar-refractivity contribution < 1.29 is 18.3 Å². The number of carboxylic acid groups (broad SMARTS) is 1. The van der Waals surface area contributed by atoms with Crippen LogP contribution in [0.1, 0.15) is 12.6 Å². The lowest BCUT2D eigenvalue weighted by molar-refractivity contribution is -0.141. The Balaban J connectivity index is 2.39. The Kier molecular flexibility index (Phi) is 4.41. The summed E-state index contributed by atoms with van der Waals surface area (Å²) in [4.78, 5) is 14.8. The Bertz CT molecular complexity index is 833. The third-order valence-corrected chi connectivity index (χ3v) is 5.43. The minimum Gasteiger partial charge on any atom is -0.481 e. The molecule has 1 unspecified atom stereocenters. The van der Waals surface area contributed by atoms with Crippen molar-refractivity contribution in [2.45, 2.75) is 18.7 Å². The Labute approximate surface area is 132 Å². The fraction of sp³-hybridized carbons (Fsp3) is 0.417. The summed E-state index contributed by atoms with van der Waals surface area (Å²) in [5.74, 6) is -1.89. The summed E-state index contributed by atoms with van der Waals surface area (Å²) in [6.45, 7) is 2.98. The van der Waals surface area contributed by atoms with Gasteiger partial charge in [0.15, 0.2) is 5.65 Å². The second-order valence-corrected chi connectivity index (χ2v) is 7.40. The maximum absolute atomic E-state index is 12.4. The number of hydrogen-bond acceptors (Lipinski definition) is 5. The summed E-state index contributed by atoms with van der Waals surface area (Å²) in [7, 11) is -2.54. The molecule has 8 nitrogen and oxygen atoms in total. The molecule has 0 aliphatic rings. The van der Waals surface area contributed by atoms with Crippen molar-refractivity contribution in [1.82, 2.24) is 18.9 Å². The molecule has 2 aromatic heterocycles. The molecule has 10 heteroatoms. The third-order valence-electron chi connectivity index (χ3n) is 3.21. The van der Waals surface area contributed by atoms with Gasteiger partial charge in [-0.05, 0) is 6.92 Å². The van der Waals surface area contributed by atoms with Crippen LogP contribution < -0.4 is 0 Å². The summed E-state index contributed by atoms with van der Waals surface area (Å²) in [5, 5.41) is 13.3. The first-order valence-electron chi connectivity index (χ1n) is 6.34. The number of nitrogens with zero attached hydrogens (tertiary/aromatic N) is 4. The molecule has 0 fully saturated rings. The van der Waals surface area contributed by atoms with E-state index < -0.39 is 21.9 Å². The number of halogens is 1. The van der Waals surface area contributed by atoms with Crippen LogP contribution in [0.4, 0.5) is 0 Å². The highest BCUT2D eigenvalue weighted by molar-refractivity contribution is 7.89. The number of hydrogen-bond donors (Lipinski definition) is 1. The van der Waals surface area contributed by atoms with Crippen LogP contribution in [0, 0.1) is 12.8 Å². The Morgan fingerprint density at radius 1 is 1.55 bits per heavy atom. The molecule has 1 N–H and O–H groups in total. The van der Waals surface area contributed by atoms with Crippen LogP contribution >= 0.6 is 11.6 Å². The summed E-state index contributed by atoms with van der Waals surface area (Å²) in [6.07, 6.45) is 2.48. The van der Waals surface area contributed by atoms with Gasteiger partial charge in [0.2, 0.25) is 10.0 Å². The van der Waals surface area contributed by atoms with Gasteiger partial charge >= 0.3 is 5.97 Å². The van der Waals surface area contributed by atoms with Crippen molar-refractivity contribution in [3.63, 3.8) is 0 Å². The molecule has 0 saturated heterocycles. The van der Waals surface area contributed by atoms with E-state index in [1.165, 1.54) is 30.9 Å². The zero-order valence-electron chi connectivity index (χ0n) is 12.2. The molecule has 1 atom stereocenters. The zero-order valence-corrected chi connectivity index (χ0v) is 13.8. The van der Waals surface area contributed by atoms with Gasteiger partial charge in [-0.25, -0.2) is 17.9 Å². The number of aryl methyl sites for hydroxylation is 1. The van der Waals surface area contributed by atoms with Crippen LogP contribution in [0.3, 0.4) is 0 Å². The highest BCUT2D eigenvalue weighted by Crippen LogP contribution is 2.21. The van der Waals surface area contributed by atoms with E-state index in [-0.39, 0.29) is 11.4 Å². The van der Waals surface area contributed by atoms with Crippen molar-refractivity contribution in [3.05, 3.63) is 23.1 Å². The lowest BCUT2D eigenvalue weighted by atomic mass is 10.2. The summed E-state index contributed by atoms with van der Waals surface area (Å²) < 4.78 is 27.2. The Morgan fingerprint density at radius 3 is 2.77 bits per heavy atom. The van der Waals surface area contributed by atoms with Crippen LogP contribution in [0.2, 0.25) is 5.02 Å². The maximum atomic E-state index is 12.4. The van der Waals surface area contributed by atoms with Crippen molar-refractivity contribution >= 4 is 33.2 Å². The van der Waals surface area contributed by atoms with Gasteiger partial charge in [-0.15, -0.1) is 0 Å². The monoisotopic (exact) mass is 346 g/mol. The van der Waals surface area contributed by atoms with Gasteiger partial charge in [0.25, 0.3) is 0 Å². The molecule has 0 amide bonds. The summed E-state index contributed by atoms with van der Waals surface area (Å²) >= 11 is 6.00. The first-order chi connectivity index (χ1) is 10.1. The summed E-state index contributed by atoms with van der Waals surface area (Å²) in [6, 6.07) is 0. The van der Waals surface area contributed by atoms with Gasteiger partial charge < -0.3 is 5.11 Å². The Hall–Kier alpha value is -1.71. The molecule has 0 radical (unpaired) electrons. The molecular weight excluding hydrogens is 332 g/mol. The predicted octanol–water partition coefficient (Wildman–Crippen LogP) is 1.03. The van der Waals surface area contributed by atoms with Gasteiger partial charge in [0, 0.05) is 13.6 Å². The van der Waals surface area contributed by atoms with Crippen molar-refractivity contribution in [2.75, 3.05) is 13.6 Å². The average Bonchev–Trinajstić information content (AvgIpc) is 2.73. The maximum Gasteiger partial charge on any atom is 0.307 e.